The van der Waals surface area contributed by atoms with Crippen molar-refractivity contribution in [2.75, 3.05) is 0 Å². The Labute approximate surface area is 97.2 Å². The third-order valence-electron chi connectivity index (χ3n) is 2.97. The molecule has 15 heavy (non-hydrogen) atoms. The van der Waals surface area contributed by atoms with E-state index in [4.69, 9.17) is 0 Å². The van der Waals surface area contributed by atoms with Gasteiger partial charge in [0.25, 0.3) is 0 Å². The molecular formula is C15H30. The van der Waals surface area contributed by atoms with Crippen LogP contribution in [0.1, 0.15) is 68.2 Å². The Morgan fingerprint density at radius 1 is 1.00 bits per heavy atom. The van der Waals surface area contributed by atoms with Crippen molar-refractivity contribution in [3.63, 3.8) is 0 Å². The predicted molar refractivity (Wildman–Crippen MR) is 71.1 cm³/mol. The van der Waals surface area contributed by atoms with Crippen molar-refractivity contribution in [1.82, 2.24) is 0 Å². The smallest absolute Gasteiger partial charge is 0.0257 e. The van der Waals surface area contributed by atoms with Gasteiger partial charge in [0, 0.05) is 0 Å². The molecule has 0 aliphatic heterocycles. The van der Waals surface area contributed by atoms with E-state index in [0.29, 0.717) is 11.3 Å². The van der Waals surface area contributed by atoms with Crippen LogP contribution in [0.15, 0.2) is 11.1 Å². The van der Waals surface area contributed by atoms with E-state index in [1.807, 2.05) is 0 Å². The van der Waals surface area contributed by atoms with E-state index < -0.39 is 0 Å². The molecule has 0 aromatic rings. The zero-order chi connectivity index (χ0) is 12.2. The summed E-state index contributed by atoms with van der Waals surface area (Å²) >= 11 is 0. The molecule has 0 radical (unpaired) electrons. The lowest BCUT2D eigenvalue weighted by atomic mass is 9.76. The van der Waals surface area contributed by atoms with Crippen LogP contribution < -0.4 is 0 Å². The van der Waals surface area contributed by atoms with E-state index in [9.17, 15) is 0 Å². The molecule has 0 amide bonds. The quantitative estimate of drug-likeness (QED) is 0.530. The average Bonchev–Trinajstić information content (AvgIpc) is 1.96. The molecule has 0 heterocycles. The third-order valence-corrected chi connectivity index (χ3v) is 2.97. The summed E-state index contributed by atoms with van der Waals surface area (Å²) in [5.74, 6) is 1.49. The number of rotatable bonds is 5. The van der Waals surface area contributed by atoms with Crippen molar-refractivity contribution in [1.29, 1.82) is 0 Å². The van der Waals surface area contributed by atoms with Crippen LogP contribution >= 0.6 is 0 Å². The second-order valence-corrected chi connectivity index (χ2v) is 6.62. The lowest BCUT2D eigenvalue weighted by Gasteiger charge is -2.30. The molecule has 0 aliphatic rings. The van der Waals surface area contributed by atoms with Crippen LogP contribution in [0.5, 0.6) is 0 Å². The molecule has 0 saturated carbocycles. The Kier molecular flexibility index (Phi) is 5.62. The third kappa shape index (κ3) is 6.02. The number of hydrogen-bond donors (Lipinski definition) is 0. The first-order valence-corrected chi connectivity index (χ1v) is 6.32. The Bertz CT molecular complexity index is 212. The first-order valence-electron chi connectivity index (χ1n) is 6.32. The Balaban J connectivity index is 4.62. The molecule has 0 N–H and O–H groups in total. The van der Waals surface area contributed by atoms with Gasteiger partial charge in [-0.1, -0.05) is 52.7 Å². The molecule has 0 unspecified atom stereocenters. The van der Waals surface area contributed by atoms with Crippen molar-refractivity contribution in [3.05, 3.63) is 11.1 Å². The maximum Gasteiger partial charge on any atom is -0.0257 e. The summed E-state index contributed by atoms with van der Waals surface area (Å²) in [5, 5.41) is 0. The van der Waals surface area contributed by atoms with E-state index >= 15 is 0 Å². The lowest BCUT2D eigenvalue weighted by Crippen LogP contribution is -2.17. The van der Waals surface area contributed by atoms with Crippen LogP contribution in [-0.2, 0) is 0 Å². The molecule has 90 valence electrons. The molecule has 0 atom stereocenters. The summed E-state index contributed by atoms with van der Waals surface area (Å²) in [7, 11) is 0. The van der Waals surface area contributed by atoms with Gasteiger partial charge in [-0.2, -0.15) is 0 Å². The Morgan fingerprint density at radius 3 is 1.73 bits per heavy atom. The molecule has 0 rings (SSSR count). The minimum Gasteiger partial charge on any atom is -0.0770 e. The average molecular weight is 210 g/mol. The zero-order valence-corrected chi connectivity index (χ0v) is 12.1. The first kappa shape index (κ1) is 14.7. The molecule has 0 fully saturated rings. The van der Waals surface area contributed by atoms with Gasteiger partial charge in [-0.25, -0.2) is 0 Å². The highest BCUT2D eigenvalue weighted by Gasteiger charge is 2.22. The minimum atomic E-state index is 0.449. The summed E-state index contributed by atoms with van der Waals surface area (Å²) < 4.78 is 0. The Hall–Kier alpha value is -0.260. The van der Waals surface area contributed by atoms with Gasteiger partial charge < -0.3 is 0 Å². The van der Waals surface area contributed by atoms with Crippen LogP contribution in [0.2, 0.25) is 0 Å². The van der Waals surface area contributed by atoms with Crippen LogP contribution in [-0.4, -0.2) is 0 Å². The number of allylic oxidation sites excluding steroid dienone is 2. The normalized spacial score (nSPS) is 12.4. The van der Waals surface area contributed by atoms with Gasteiger partial charge in [-0.05, 0) is 43.9 Å². The fraction of sp³-hybridized carbons (Fsp3) is 0.867. The second-order valence-electron chi connectivity index (χ2n) is 6.62. The lowest BCUT2D eigenvalue weighted by molar-refractivity contribution is 0.277. The second kappa shape index (κ2) is 5.72. The van der Waals surface area contributed by atoms with Crippen LogP contribution in [0, 0.1) is 17.3 Å². The van der Waals surface area contributed by atoms with Crippen LogP contribution in [0.3, 0.4) is 0 Å². The van der Waals surface area contributed by atoms with Crippen molar-refractivity contribution in [2.45, 2.75) is 68.2 Å². The molecular weight excluding hydrogens is 180 g/mol. The van der Waals surface area contributed by atoms with Gasteiger partial charge in [0.1, 0.15) is 0 Å². The maximum atomic E-state index is 2.40. The van der Waals surface area contributed by atoms with Crippen molar-refractivity contribution >= 4 is 0 Å². The molecule has 0 aliphatic carbocycles. The fourth-order valence-electron chi connectivity index (χ4n) is 2.65. The van der Waals surface area contributed by atoms with Crippen LogP contribution in [0.4, 0.5) is 0 Å². The van der Waals surface area contributed by atoms with Gasteiger partial charge >= 0.3 is 0 Å². The van der Waals surface area contributed by atoms with Gasteiger partial charge in [-0.15, -0.1) is 0 Å². The summed E-state index contributed by atoms with van der Waals surface area (Å²) in [5.41, 5.74) is 3.62. The van der Waals surface area contributed by atoms with Gasteiger partial charge in [-0.3, -0.25) is 0 Å². The first-order chi connectivity index (χ1) is 6.65. The van der Waals surface area contributed by atoms with E-state index in [0.717, 1.165) is 5.92 Å². The highest BCUT2D eigenvalue weighted by atomic mass is 14.3. The van der Waals surface area contributed by atoms with Crippen molar-refractivity contribution in [2.24, 2.45) is 17.3 Å². The summed E-state index contributed by atoms with van der Waals surface area (Å²) in [4.78, 5) is 0. The standard InChI is InChI=1S/C15H30/c1-11(2)9-15(7,8)10-14(12(3)4)13(5)6/h11-12H,9-10H2,1-8H3. The van der Waals surface area contributed by atoms with Crippen molar-refractivity contribution < 1.29 is 0 Å². The molecule has 0 aromatic heterocycles. The monoisotopic (exact) mass is 210 g/mol. The molecule has 0 aromatic carbocycles. The fourth-order valence-corrected chi connectivity index (χ4v) is 2.65. The highest BCUT2D eigenvalue weighted by molar-refractivity contribution is 5.14. The van der Waals surface area contributed by atoms with E-state index in [-0.39, 0.29) is 0 Å². The topological polar surface area (TPSA) is 0 Å². The van der Waals surface area contributed by atoms with Crippen LogP contribution in [0.25, 0.3) is 0 Å². The van der Waals surface area contributed by atoms with Gasteiger partial charge in [0.05, 0.1) is 0 Å². The molecule has 0 spiro atoms. The molecule has 0 nitrogen and oxygen atoms in total. The Morgan fingerprint density at radius 2 is 1.47 bits per heavy atom. The number of hydrogen-bond acceptors (Lipinski definition) is 0. The van der Waals surface area contributed by atoms with Gasteiger partial charge in [0.15, 0.2) is 0 Å². The zero-order valence-electron chi connectivity index (χ0n) is 12.1. The molecule has 0 saturated heterocycles. The maximum absolute atomic E-state index is 2.40. The van der Waals surface area contributed by atoms with E-state index in [2.05, 4.69) is 55.4 Å². The van der Waals surface area contributed by atoms with Crippen molar-refractivity contribution in [3.8, 4) is 0 Å². The van der Waals surface area contributed by atoms with Gasteiger partial charge in [0.2, 0.25) is 0 Å². The highest BCUT2D eigenvalue weighted by Crippen LogP contribution is 2.35. The summed E-state index contributed by atoms with van der Waals surface area (Å²) in [6.07, 6.45) is 2.57. The minimum absolute atomic E-state index is 0.449. The molecule has 0 heteroatoms. The molecule has 0 bridgehead atoms. The van der Waals surface area contributed by atoms with E-state index in [1.54, 1.807) is 5.57 Å². The SMILES string of the molecule is CC(C)=C(CC(C)(C)CC(C)C)C(C)C. The predicted octanol–water partition coefficient (Wildman–Crippen LogP) is 5.44. The van der Waals surface area contributed by atoms with E-state index in [1.165, 1.54) is 18.4 Å². The summed E-state index contributed by atoms with van der Waals surface area (Å²) in [6.45, 7) is 18.6. The largest absolute Gasteiger partial charge is 0.0770 e. The summed E-state index contributed by atoms with van der Waals surface area (Å²) in [6, 6.07) is 0.